The number of carbonyl (C=O) groups is 1. The summed E-state index contributed by atoms with van der Waals surface area (Å²) in [6, 6.07) is 7.36. The zero-order chi connectivity index (χ0) is 20.5. The van der Waals surface area contributed by atoms with Crippen molar-refractivity contribution >= 4 is 29.0 Å². The fourth-order valence-electron chi connectivity index (χ4n) is 4.42. The van der Waals surface area contributed by atoms with Crippen molar-refractivity contribution in [3.8, 4) is 0 Å². The summed E-state index contributed by atoms with van der Waals surface area (Å²) in [7, 11) is 0. The van der Waals surface area contributed by atoms with Crippen LogP contribution in [0, 0.1) is 19.8 Å². The first kappa shape index (κ1) is 20.1. The molecule has 0 saturated carbocycles. The van der Waals surface area contributed by atoms with E-state index in [4.69, 9.17) is 11.6 Å². The molecule has 2 aromatic rings. The lowest BCUT2D eigenvalue weighted by Gasteiger charge is -2.39. The molecular weight excluding hydrogens is 388 g/mol. The van der Waals surface area contributed by atoms with Gasteiger partial charge < -0.3 is 14.9 Å². The highest BCUT2D eigenvalue weighted by Crippen LogP contribution is 2.34. The van der Waals surface area contributed by atoms with Crippen molar-refractivity contribution in [3.63, 3.8) is 0 Å². The van der Waals surface area contributed by atoms with Gasteiger partial charge in [-0.1, -0.05) is 11.6 Å². The minimum atomic E-state index is -0.622. The molecule has 154 valence electrons. The lowest BCUT2D eigenvalue weighted by Crippen LogP contribution is -2.46. The molecule has 3 heterocycles. The molecule has 1 atom stereocenters. The number of fused-ring (bicyclic) bond motifs is 1. The molecular formula is C22H27ClN4O2. The van der Waals surface area contributed by atoms with E-state index in [1.54, 1.807) is 12.1 Å². The lowest BCUT2D eigenvalue weighted by molar-refractivity contribution is 0.0881. The number of nitrogens with zero attached hydrogens (tertiary/aromatic N) is 4. The van der Waals surface area contributed by atoms with Crippen LogP contribution in [0.1, 0.15) is 47.4 Å². The summed E-state index contributed by atoms with van der Waals surface area (Å²) in [6.45, 7) is 6.26. The summed E-state index contributed by atoms with van der Waals surface area (Å²) in [6.07, 6.45) is 2.30. The van der Waals surface area contributed by atoms with Crippen LogP contribution < -0.4 is 9.80 Å². The first-order valence-corrected chi connectivity index (χ1v) is 10.6. The Morgan fingerprint density at radius 3 is 2.48 bits per heavy atom. The minimum absolute atomic E-state index is 0.0963. The lowest BCUT2D eigenvalue weighted by atomic mass is 9.93. The average molecular weight is 415 g/mol. The van der Waals surface area contributed by atoms with Crippen molar-refractivity contribution in [2.45, 2.75) is 45.8 Å². The second kappa shape index (κ2) is 8.28. The molecule has 0 bridgehead atoms. The number of hydrogen-bond acceptors (Lipinski definition) is 6. The van der Waals surface area contributed by atoms with E-state index in [9.17, 15) is 9.90 Å². The third-order valence-corrected chi connectivity index (χ3v) is 6.14. The molecule has 4 rings (SSSR count). The number of anilines is 2. The molecule has 1 N–H and O–H groups in total. The van der Waals surface area contributed by atoms with Gasteiger partial charge in [-0.25, -0.2) is 9.97 Å². The number of carbonyl (C=O) groups excluding carboxylic acids is 1. The van der Waals surface area contributed by atoms with Gasteiger partial charge in [0, 0.05) is 59.6 Å². The van der Waals surface area contributed by atoms with Crippen molar-refractivity contribution in [1.29, 1.82) is 0 Å². The summed E-state index contributed by atoms with van der Waals surface area (Å²) in [4.78, 5) is 25.8. The van der Waals surface area contributed by atoms with E-state index in [1.807, 2.05) is 30.9 Å². The summed E-state index contributed by atoms with van der Waals surface area (Å²) >= 11 is 6.12. The molecule has 0 spiro atoms. The van der Waals surface area contributed by atoms with Gasteiger partial charge in [-0.15, -0.1) is 0 Å². The van der Waals surface area contributed by atoms with E-state index in [0.717, 1.165) is 55.4 Å². The number of benzene rings is 1. The van der Waals surface area contributed by atoms with Crippen molar-refractivity contribution < 1.29 is 9.90 Å². The largest absolute Gasteiger partial charge is 0.373 e. The number of rotatable bonds is 3. The van der Waals surface area contributed by atoms with E-state index in [1.165, 1.54) is 0 Å². The average Bonchev–Trinajstić information content (AvgIpc) is 2.86. The number of aliphatic hydroxyl groups excluding tert-OH is 1. The second-order valence-corrected chi connectivity index (χ2v) is 8.51. The van der Waals surface area contributed by atoms with Crippen LogP contribution in [-0.2, 0) is 0 Å². The Hall–Kier alpha value is -2.18. The molecule has 0 amide bonds. The second-order valence-electron chi connectivity index (χ2n) is 8.07. The van der Waals surface area contributed by atoms with Crippen molar-refractivity contribution in [2.75, 3.05) is 29.4 Å². The van der Waals surface area contributed by atoms with Crippen LogP contribution in [0.15, 0.2) is 24.3 Å². The SMILES string of the molecule is Cc1cc(C)nc(N2CCC(C(O)N3CCCC(=O)c4cc(Cl)ccc43)CC2)n1. The fourth-order valence-corrected chi connectivity index (χ4v) is 4.59. The van der Waals surface area contributed by atoms with Gasteiger partial charge in [0.05, 0.1) is 0 Å². The zero-order valence-electron chi connectivity index (χ0n) is 16.9. The normalized spacial score (nSPS) is 19.1. The quantitative estimate of drug-likeness (QED) is 0.824. The third kappa shape index (κ3) is 4.23. The summed E-state index contributed by atoms with van der Waals surface area (Å²) in [5, 5.41) is 11.8. The van der Waals surface area contributed by atoms with Crippen molar-refractivity contribution in [2.24, 2.45) is 5.92 Å². The maximum Gasteiger partial charge on any atom is 0.225 e. The Labute approximate surface area is 176 Å². The van der Waals surface area contributed by atoms with Crippen LogP contribution in [0.25, 0.3) is 0 Å². The maximum absolute atomic E-state index is 12.5. The van der Waals surface area contributed by atoms with Gasteiger partial charge in [-0.05, 0) is 57.4 Å². The van der Waals surface area contributed by atoms with E-state index in [2.05, 4.69) is 14.9 Å². The number of aryl methyl sites for hydroxylation is 2. The van der Waals surface area contributed by atoms with Crippen LogP contribution in [0.2, 0.25) is 5.02 Å². The van der Waals surface area contributed by atoms with E-state index in [0.29, 0.717) is 23.6 Å². The molecule has 7 heteroatoms. The number of piperidine rings is 1. The number of hydrogen-bond donors (Lipinski definition) is 1. The predicted molar refractivity (Wildman–Crippen MR) is 115 cm³/mol. The smallest absolute Gasteiger partial charge is 0.225 e. The molecule has 1 unspecified atom stereocenters. The summed E-state index contributed by atoms with van der Waals surface area (Å²) < 4.78 is 0. The Balaban J connectivity index is 1.49. The maximum atomic E-state index is 12.5. The summed E-state index contributed by atoms with van der Waals surface area (Å²) in [5.74, 6) is 1.00. The molecule has 1 saturated heterocycles. The van der Waals surface area contributed by atoms with Crippen LogP contribution in [0.5, 0.6) is 0 Å². The van der Waals surface area contributed by atoms with Crippen LogP contribution in [-0.4, -0.2) is 46.7 Å². The first-order valence-electron chi connectivity index (χ1n) is 10.3. The fraction of sp³-hybridized carbons (Fsp3) is 0.500. The molecule has 6 nitrogen and oxygen atoms in total. The van der Waals surface area contributed by atoms with Crippen LogP contribution in [0.3, 0.4) is 0 Å². The Kier molecular flexibility index (Phi) is 5.74. The zero-order valence-corrected chi connectivity index (χ0v) is 17.7. The highest BCUT2D eigenvalue weighted by molar-refractivity contribution is 6.31. The Bertz CT molecular complexity index is 891. The van der Waals surface area contributed by atoms with Crippen LogP contribution in [0.4, 0.5) is 11.6 Å². The van der Waals surface area contributed by atoms with Crippen molar-refractivity contribution in [1.82, 2.24) is 9.97 Å². The number of halogens is 1. The number of aromatic nitrogens is 2. The van der Waals surface area contributed by atoms with E-state index in [-0.39, 0.29) is 11.7 Å². The molecule has 0 radical (unpaired) electrons. The van der Waals surface area contributed by atoms with E-state index < -0.39 is 6.23 Å². The third-order valence-electron chi connectivity index (χ3n) is 5.91. The molecule has 1 aromatic carbocycles. The number of ketones is 1. The first-order chi connectivity index (χ1) is 13.9. The van der Waals surface area contributed by atoms with Gasteiger partial charge in [0.15, 0.2) is 5.78 Å². The van der Waals surface area contributed by atoms with E-state index >= 15 is 0 Å². The van der Waals surface area contributed by atoms with Gasteiger partial charge in [-0.3, -0.25) is 4.79 Å². The monoisotopic (exact) mass is 414 g/mol. The molecule has 1 aromatic heterocycles. The van der Waals surface area contributed by atoms with Gasteiger partial charge >= 0.3 is 0 Å². The molecule has 2 aliphatic rings. The molecule has 0 aliphatic carbocycles. The minimum Gasteiger partial charge on any atom is -0.373 e. The van der Waals surface area contributed by atoms with Gasteiger partial charge in [-0.2, -0.15) is 0 Å². The predicted octanol–water partition coefficient (Wildman–Crippen LogP) is 3.76. The summed E-state index contributed by atoms with van der Waals surface area (Å²) in [5.41, 5.74) is 3.36. The number of aliphatic hydroxyl groups is 1. The molecule has 1 fully saturated rings. The van der Waals surface area contributed by atoms with Crippen LogP contribution >= 0.6 is 11.6 Å². The standard InChI is InChI=1S/C22H27ClN4O2/c1-14-12-15(2)25-22(24-14)26-10-7-16(8-11-26)21(29)27-9-3-4-20(28)18-13-17(23)5-6-19(18)27/h5-6,12-13,16,21,29H,3-4,7-11H2,1-2H3. The molecule has 2 aliphatic heterocycles. The van der Waals surface area contributed by atoms with Gasteiger partial charge in [0.2, 0.25) is 5.95 Å². The Morgan fingerprint density at radius 1 is 1.10 bits per heavy atom. The highest BCUT2D eigenvalue weighted by Gasteiger charge is 2.33. The Morgan fingerprint density at radius 2 is 1.79 bits per heavy atom. The molecule has 29 heavy (non-hydrogen) atoms. The van der Waals surface area contributed by atoms with Crippen molar-refractivity contribution in [3.05, 3.63) is 46.2 Å². The van der Waals surface area contributed by atoms with Gasteiger partial charge in [0.1, 0.15) is 6.23 Å². The highest BCUT2D eigenvalue weighted by atomic mass is 35.5. The topological polar surface area (TPSA) is 69.6 Å². The van der Waals surface area contributed by atoms with Gasteiger partial charge in [0.25, 0.3) is 0 Å². The number of Topliss-reactive ketones (excluding diaryl/α,β-unsaturated/α-hetero) is 1.